The number of carbonyl (C=O) groups is 3. The lowest BCUT2D eigenvalue weighted by atomic mass is 9.95. The van der Waals surface area contributed by atoms with Crippen LogP contribution in [0.2, 0.25) is 0 Å². The standard InChI is InChI=1S/C49H84O21/c1-9-11-17-20-29-21-18-15-13-12-14-16-19-22-31(51)65-39-34(54)30(23-50)64-49(68-40-36(56)33(53)27(7)61-47(40)63-29)42(39)70-48-43(67-45(59)25(5)10-2)41(38(28(8)62-48)66-44(58)24(3)4)69-46-37(57)35(55)32(52)26(6)60-46/h24-30,32-43,46-50,52-57H,9-23H2,1-8H3/t25?,26-,27+,28-,29-,30+,32-,33-,34+,35+,36-,37+,38-,39-,40+,41+,42+,43+,46?,47-,48?,49?/m0/s1. The van der Waals surface area contributed by atoms with Gasteiger partial charge in [0, 0.05) is 6.42 Å². The van der Waals surface area contributed by atoms with Crippen molar-refractivity contribution in [2.24, 2.45) is 11.8 Å². The normalized spacial score (nSPS) is 42.3. The van der Waals surface area contributed by atoms with Gasteiger partial charge in [-0.25, -0.2) is 0 Å². The highest BCUT2D eigenvalue weighted by molar-refractivity contribution is 5.73. The average Bonchev–Trinajstić information content (AvgIpc) is 3.32. The first-order valence-electron chi connectivity index (χ1n) is 25.8. The average molecular weight is 1010 g/mol. The van der Waals surface area contributed by atoms with E-state index in [-0.39, 0.29) is 12.5 Å². The number of carbonyl (C=O) groups excluding carboxylic acids is 3. The molecule has 7 N–H and O–H groups in total. The first kappa shape index (κ1) is 58.7. The third-order valence-electron chi connectivity index (χ3n) is 14.1. The van der Waals surface area contributed by atoms with E-state index in [1.807, 2.05) is 0 Å². The summed E-state index contributed by atoms with van der Waals surface area (Å²) in [6.07, 6.45) is -21.1. The Balaban J connectivity index is 1.62. The SMILES string of the molecule is CCCCC[C@H]1CCCCCCCCCC(=O)O[C@H]2[C@H](O)[C@@H](CO)OC(O[C@H]3[C@H](O1)O[C@H](C)[C@H](O)[C@@H]3O)[C@@H]2OC1O[C@@H](C)[C@H](OC(=O)C(C)C)[C@@H](OC2O[C@@H](C)[C@H](O)[C@@H](O)[C@H]2O)[C@H]1OC(=O)C(C)CC. The number of hydrogen-bond donors (Lipinski definition) is 7. The molecule has 5 saturated heterocycles. The van der Waals surface area contributed by atoms with E-state index in [1.54, 1.807) is 34.6 Å². The van der Waals surface area contributed by atoms with Crippen LogP contribution in [0.1, 0.15) is 145 Å². The zero-order valence-corrected chi connectivity index (χ0v) is 42.2. The summed E-state index contributed by atoms with van der Waals surface area (Å²) in [6, 6.07) is 0. The number of unbranched alkanes of at least 4 members (excludes halogenated alkanes) is 2. The highest BCUT2D eigenvalue weighted by Gasteiger charge is 2.58. The summed E-state index contributed by atoms with van der Waals surface area (Å²) in [5.41, 5.74) is 0. The molecule has 5 aliphatic heterocycles. The summed E-state index contributed by atoms with van der Waals surface area (Å²) < 4.78 is 69.1. The second-order valence-corrected chi connectivity index (χ2v) is 20.1. The zero-order chi connectivity index (χ0) is 51.4. The predicted molar refractivity (Wildman–Crippen MR) is 244 cm³/mol. The van der Waals surface area contributed by atoms with Gasteiger partial charge in [0.15, 0.2) is 49.6 Å². The predicted octanol–water partition coefficient (Wildman–Crippen LogP) is 2.19. The van der Waals surface area contributed by atoms with Crippen molar-refractivity contribution in [3.8, 4) is 0 Å². The number of ether oxygens (including phenoxy) is 11. The van der Waals surface area contributed by atoms with Gasteiger partial charge < -0.3 is 87.9 Å². The van der Waals surface area contributed by atoms with E-state index < -0.39 is 159 Å². The number of aliphatic hydroxyl groups is 7. The Morgan fingerprint density at radius 3 is 1.87 bits per heavy atom. The van der Waals surface area contributed by atoms with Gasteiger partial charge in [0.1, 0.15) is 54.9 Å². The number of rotatable bonds is 14. The third-order valence-corrected chi connectivity index (χ3v) is 14.1. The Morgan fingerprint density at radius 2 is 1.21 bits per heavy atom. The highest BCUT2D eigenvalue weighted by Crippen LogP contribution is 2.38. The van der Waals surface area contributed by atoms with E-state index in [9.17, 15) is 50.1 Å². The quantitative estimate of drug-likeness (QED) is 0.0746. The molecular weight excluding hydrogens is 925 g/mol. The molecule has 0 aromatic carbocycles. The van der Waals surface area contributed by atoms with Crippen molar-refractivity contribution in [3.63, 3.8) is 0 Å². The van der Waals surface area contributed by atoms with Crippen molar-refractivity contribution in [1.29, 1.82) is 0 Å². The van der Waals surface area contributed by atoms with Crippen LogP contribution in [0.5, 0.6) is 0 Å². The largest absolute Gasteiger partial charge is 0.456 e. The Kier molecular flexibility index (Phi) is 23.4. The smallest absolute Gasteiger partial charge is 0.309 e. The van der Waals surface area contributed by atoms with Crippen molar-refractivity contribution < 1.29 is 102 Å². The molecule has 4 unspecified atom stereocenters. The van der Waals surface area contributed by atoms with Crippen LogP contribution in [0, 0.1) is 11.8 Å². The van der Waals surface area contributed by atoms with Crippen LogP contribution < -0.4 is 0 Å². The van der Waals surface area contributed by atoms with E-state index in [4.69, 9.17) is 52.1 Å². The molecule has 2 bridgehead atoms. The molecule has 21 nitrogen and oxygen atoms in total. The van der Waals surface area contributed by atoms with Crippen molar-refractivity contribution in [2.75, 3.05) is 6.61 Å². The van der Waals surface area contributed by atoms with E-state index in [0.29, 0.717) is 25.7 Å². The van der Waals surface area contributed by atoms with Gasteiger partial charge in [-0.3, -0.25) is 14.4 Å². The summed E-state index contributed by atoms with van der Waals surface area (Å²) in [7, 11) is 0. The minimum atomic E-state index is -1.86. The monoisotopic (exact) mass is 1010 g/mol. The fourth-order valence-corrected chi connectivity index (χ4v) is 9.32. The maximum atomic E-state index is 13.9. The molecule has 21 heteroatoms. The van der Waals surface area contributed by atoms with E-state index in [2.05, 4.69) is 6.92 Å². The first-order chi connectivity index (χ1) is 33.3. The zero-order valence-electron chi connectivity index (χ0n) is 42.2. The minimum absolute atomic E-state index is 0.0473. The van der Waals surface area contributed by atoms with Crippen LogP contribution in [0.4, 0.5) is 0 Å². The van der Waals surface area contributed by atoms with Gasteiger partial charge in [-0.05, 0) is 46.5 Å². The molecule has 5 aliphatic rings. The summed E-state index contributed by atoms with van der Waals surface area (Å²) >= 11 is 0. The van der Waals surface area contributed by atoms with Gasteiger partial charge in [0.05, 0.1) is 42.9 Å². The summed E-state index contributed by atoms with van der Waals surface area (Å²) in [4.78, 5) is 41.0. The van der Waals surface area contributed by atoms with Crippen LogP contribution in [-0.4, -0.2) is 189 Å². The molecule has 5 fully saturated rings. The molecule has 0 aromatic heterocycles. The molecule has 0 aliphatic carbocycles. The van der Waals surface area contributed by atoms with E-state index in [1.165, 1.54) is 13.8 Å². The molecule has 0 amide bonds. The maximum Gasteiger partial charge on any atom is 0.309 e. The Labute approximate surface area is 412 Å². The molecule has 0 spiro atoms. The molecule has 0 aromatic rings. The van der Waals surface area contributed by atoms with Gasteiger partial charge in [0.25, 0.3) is 0 Å². The summed E-state index contributed by atoms with van der Waals surface area (Å²) in [5.74, 6) is -3.61. The van der Waals surface area contributed by atoms with Crippen molar-refractivity contribution >= 4 is 17.9 Å². The summed E-state index contributed by atoms with van der Waals surface area (Å²) in [5, 5.41) is 78.0. The molecule has 0 radical (unpaired) electrons. The number of fused-ring (bicyclic) bond motifs is 3. The number of hydrogen-bond acceptors (Lipinski definition) is 21. The molecule has 5 rings (SSSR count). The fraction of sp³-hybridized carbons (Fsp3) is 0.939. The molecule has 5 heterocycles. The molecule has 70 heavy (non-hydrogen) atoms. The molecule has 22 atom stereocenters. The Morgan fingerprint density at radius 1 is 0.600 bits per heavy atom. The molecular formula is C49H84O21. The topological polar surface area (TPSA) is 294 Å². The molecule has 406 valence electrons. The van der Waals surface area contributed by atoms with Gasteiger partial charge in [-0.15, -0.1) is 0 Å². The lowest BCUT2D eigenvalue weighted by Crippen LogP contribution is -2.68. The number of aliphatic hydroxyl groups excluding tert-OH is 7. The van der Waals surface area contributed by atoms with Crippen LogP contribution in [0.15, 0.2) is 0 Å². The van der Waals surface area contributed by atoms with Crippen LogP contribution in [0.3, 0.4) is 0 Å². The molecule has 0 saturated carbocycles. The van der Waals surface area contributed by atoms with Gasteiger partial charge in [0.2, 0.25) is 0 Å². The first-order valence-corrected chi connectivity index (χ1v) is 25.8. The van der Waals surface area contributed by atoms with E-state index >= 15 is 0 Å². The van der Waals surface area contributed by atoms with Crippen LogP contribution in [-0.2, 0) is 66.5 Å². The Hall–Kier alpha value is -2.19. The van der Waals surface area contributed by atoms with Crippen molar-refractivity contribution in [1.82, 2.24) is 0 Å². The lowest BCUT2D eigenvalue weighted by molar-refractivity contribution is -0.400. The van der Waals surface area contributed by atoms with Crippen LogP contribution >= 0.6 is 0 Å². The third kappa shape index (κ3) is 15.2. The van der Waals surface area contributed by atoms with Gasteiger partial charge in [-0.1, -0.05) is 92.4 Å². The van der Waals surface area contributed by atoms with Gasteiger partial charge in [-0.2, -0.15) is 0 Å². The van der Waals surface area contributed by atoms with Crippen molar-refractivity contribution in [3.05, 3.63) is 0 Å². The number of esters is 3. The summed E-state index contributed by atoms with van der Waals surface area (Å²) in [6.45, 7) is 12.4. The highest BCUT2D eigenvalue weighted by atomic mass is 16.8. The second kappa shape index (κ2) is 27.9. The van der Waals surface area contributed by atoms with E-state index in [0.717, 1.165) is 57.8 Å². The second-order valence-electron chi connectivity index (χ2n) is 20.1. The lowest BCUT2D eigenvalue weighted by Gasteiger charge is -2.50. The van der Waals surface area contributed by atoms with Gasteiger partial charge >= 0.3 is 17.9 Å². The Bertz CT molecular complexity index is 1590. The van der Waals surface area contributed by atoms with Crippen LogP contribution in [0.25, 0.3) is 0 Å². The van der Waals surface area contributed by atoms with Crippen molar-refractivity contribution in [2.45, 2.75) is 274 Å². The fourth-order valence-electron chi connectivity index (χ4n) is 9.32. The maximum absolute atomic E-state index is 13.9. The minimum Gasteiger partial charge on any atom is -0.456 e.